The molecule has 1 saturated heterocycles. The van der Waals surface area contributed by atoms with E-state index in [1.54, 1.807) is 12.1 Å². The molecule has 0 spiro atoms. The molecule has 0 aliphatic carbocycles. The molecule has 1 heterocycles. The summed E-state index contributed by atoms with van der Waals surface area (Å²) in [6.07, 6.45) is 0. The Labute approximate surface area is 160 Å². The average Bonchev–Trinajstić information content (AvgIpc) is 2.71. The van der Waals surface area contributed by atoms with Crippen molar-refractivity contribution in [2.24, 2.45) is 0 Å². The van der Waals surface area contributed by atoms with Gasteiger partial charge in [0.05, 0.1) is 47.7 Å². The molecule has 8 nitrogen and oxygen atoms in total. The maximum absolute atomic E-state index is 12.7. The largest absolute Gasteiger partial charge is 0.493 e. The lowest BCUT2D eigenvalue weighted by molar-refractivity contribution is 0.0560. The van der Waals surface area contributed by atoms with Gasteiger partial charge in [0.15, 0.2) is 17.3 Å². The van der Waals surface area contributed by atoms with Gasteiger partial charge in [-0.3, -0.25) is 14.6 Å². The van der Waals surface area contributed by atoms with Gasteiger partial charge in [0.1, 0.15) is 0 Å². The van der Waals surface area contributed by atoms with E-state index in [-0.39, 0.29) is 12.4 Å². The highest BCUT2D eigenvalue weighted by Gasteiger charge is 2.22. The predicted octanol–water partition coefficient (Wildman–Crippen LogP) is 0.522. The van der Waals surface area contributed by atoms with E-state index in [9.17, 15) is 4.79 Å². The van der Waals surface area contributed by atoms with Crippen molar-refractivity contribution in [3.05, 3.63) is 17.7 Å². The minimum absolute atomic E-state index is 0.0222. The van der Waals surface area contributed by atoms with Crippen LogP contribution in [0.5, 0.6) is 17.2 Å². The summed E-state index contributed by atoms with van der Waals surface area (Å²) in [5, 5.41) is 8.71. The van der Waals surface area contributed by atoms with Gasteiger partial charge in [-0.2, -0.15) is 0 Å². The summed E-state index contributed by atoms with van der Waals surface area (Å²) >= 11 is 0. The monoisotopic (exact) mass is 382 g/mol. The number of hydrogen-bond donors (Lipinski definition) is 1. The lowest BCUT2D eigenvalue weighted by Crippen LogP contribution is -2.48. The second-order valence-corrected chi connectivity index (χ2v) is 6.29. The fourth-order valence-electron chi connectivity index (χ4n) is 3.07. The van der Waals surface area contributed by atoms with E-state index < -0.39 is 0 Å². The molecule has 0 aromatic heterocycles. The molecular weight excluding hydrogens is 352 g/mol. The smallest absolute Gasteiger partial charge is 0.203 e. The van der Waals surface area contributed by atoms with Crippen molar-refractivity contribution in [2.45, 2.75) is 0 Å². The van der Waals surface area contributed by atoms with Crippen LogP contribution >= 0.6 is 0 Å². The predicted molar refractivity (Wildman–Crippen MR) is 101 cm³/mol. The standard InChI is InChI=1S/C19H30N2O6/c1-24-17-12-15(13-18(25-2)19(17)26-3)16(23)14-21-6-4-20(5-7-21)8-10-27-11-9-22/h12-13,22H,4-11,14H2,1-3H3. The van der Waals surface area contributed by atoms with Crippen LogP contribution in [0.25, 0.3) is 0 Å². The first-order chi connectivity index (χ1) is 13.1. The van der Waals surface area contributed by atoms with Crippen LogP contribution in [-0.4, -0.2) is 101 Å². The average molecular weight is 382 g/mol. The lowest BCUT2D eigenvalue weighted by Gasteiger charge is -2.34. The summed E-state index contributed by atoms with van der Waals surface area (Å²) in [6, 6.07) is 3.39. The Bertz CT molecular complexity index is 577. The van der Waals surface area contributed by atoms with Crippen LogP contribution in [0, 0.1) is 0 Å². The van der Waals surface area contributed by atoms with Gasteiger partial charge >= 0.3 is 0 Å². The van der Waals surface area contributed by atoms with Crippen LogP contribution in [-0.2, 0) is 4.74 Å². The maximum Gasteiger partial charge on any atom is 0.203 e. The highest BCUT2D eigenvalue weighted by molar-refractivity contribution is 5.98. The van der Waals surface area contributed by atoms with E-state index in [0.29, 0.717) is 42.6 Å². The zero-order valence-electron chi connectivity index (χ0n) is 16.4. The molecule has 152 valence electrons. The molecule has 1 aliphatic rings. The summed E-state index contributed by atoms with van der Waals surface area (Å²) in [7, 11) is 4.61. The van der Waals surface area contributed by atoms with Crippen molar-refractivity contribution in [2.75, 3.05) is 80.4 Å². The Morgan fingerprint density at radius 3 is 2.07 bits per heavy atom. The van der Waals surface area contributed by atoms with E-state index in [1.807, 2.05) is 0 Å². The molecule has 1 aromatic rings. The molecule has 1 N–H and O–H groups in total. The Morgan fingerprint density at radius 1 is 0.963 bits per heavy atom. The second kappa shape index (κ2) is 11.1. The topological polar surface area (TPSA) is 80.7 Å². The van der Waals surface area contributed by atoms with Gasteiger partial charge in [-0.05, 0) is 12.1 Å². The molecule has 0 amide bonds. The molecule has 27 heavy (non-hydrogen) atoms. The molecule has 0 saturated carbocycles. The zero-order valence-corrected chi connectivity index (χ0v) is 16.4. The third-order valence-electron chi connectivity index (χ3n) is 4.61. The fourth-order valence-corrected chi connectivity index (χ4v) is 3.07. The van der Waals surface area contributed by atoms with Crippen LogP contribution in [0.3, 0.4) is 0 Å². The van der Waals surface area contributed by atoms with Crippen molar-refractivity contribution >= 4 is 5.78 Å². The molecule has 1 fully saturated rings. The Kier molecular flexibility index (Phi) is 8.80. The number of rotatable bonds is 11. The van der Waals surface area contributed by atoms with Crippen LogP contribution < -0.4 is 14.2 Å². The fraction of sp³-hybridized carbons (Fsp3) is 0.632. The number of carbonyl (C=O) groups excluding carboxylic acids is 1. The van der Waals surface area contributed by atoms with Crippen LogP contribution in [0.15, 0.2) is 12.1 Å². The van der Waals surface area contributed by atoms with Crippen molar-refractivity contribution in [3.8, 4) is 17.2 Å². The number of aliphatic hydroxyl groups is 1. The van der Waals surface area contributed by atoms with Crippen molar-refractivity contribution in [3.63, 3.8) is 0 Å². The number of ether oxygens (including phenoxy) is 4. The van der Waals surface area contributed by atoms with E-state index in [4.69, 9.17) is 24.1 Å². The van der Waals surface area contributed by atoms with Gasteiger partial charge in [0, 0.05) is 38.3 Å². The number of carbonyl (C=O) groups is 1. The molecule has 0 radical (unpaired) electrons. The number of methoxy groups -OCH3 is 3. The highest BCUT2D eigenvalue weighted by atomic mass is 16.5. The normalized spacial score (nSPS) is 15.6. The number of benzene rings is 1. The van der Waals surface area contributed by atoms with Crippen molar-refractivity contribution < 1.29 is 28.8 Å². The Balaban J connectivity index is 1.89. The SMILES string of the molecule is COc1cc(C(=O)CN2CCN(CCOCCO)CC2)cc(OC)c1OC. The van der Waals surface area contributed by atoms with E-state index >= 15 is 0 Å². The van der Waals surface area contributed by atoms with Gasteiger partial charge in [-0.15, -0.1) is 0 Å². The quantitative estimate of drug-likeness (QED) is 0.438. The number of Topliss-reactive ketones (excluding diaryl/α,β-unsaturated/α-hetero) is 1. The molecule has 0 unspecified atom stereocenters. The molecule has 0 atom stereocenters. The van der Waals surface area contributed by atoms with Gasteiger partial charge in [-0.25, -0.2) is 0 Å². The highest BCUT2D eigenvalue weighted by Crippen LogP contribution is 2.38. The lowest BCUT2D eigenvalue weighted by atomic mass is 10.1. The van der Waals surface area contributed by atoms with E-state index in [2.05, 4.69) is 9.80 Å². The number of ketones is 1. The van der Waals surface area contributed by atoms with Crippen molar-refractivity contribution in [1.29, 1.82) is 0 Å². The summed E-state index contributed by atoms with van der Waals surface area (Å²) in [4.78, 5) is 17.2. The van der Waals surface area contributed by atoms with Gasteiger partial charge in [-0.1, -0.05) is 0 Å². The van der Waals surface area contributed by atoms with Crippen molar-refractivity contribution in [1.82, 2.24) is 9.80 Å². The molecule has 2 rings (SSSR count). The summed E-state index contributed by atoms with van der Waals surface area (Å²) in [5.41, 5.74) is 0.546. The van der Waals surface area contributed by atoms with E-state index in [1.165, 1.54) is 21.3 Å². The first-order valence-corrected chi connectivity index (χ1v) is 9.09. The first-order valence-electron chi connectivity index (χ1n) is 9.09. The molecule has 1 aromatic carbocycles. The second-order valence-electron chi connectivity index (χ2n) is 6.29. The van der Waals surface area contributed by atoms with Crippen LogP contribution in [0.4, 0.5) is 0 Å². The number of aliphatic hydroxyl groups excluding tert-OH is 1. The number of hydrogen-bond acceptors (Lipinski definition) is 8. The molecule has 1 aliphatic heterocycles. The number of nitrogens with zero attached hydrogens (tertiary/aromatic N) is 2. The summed E-state index contributed by atoms with van der Waals surface area (Å²) in [6.45, 7) is 5.69. The minimum atomic E-state index is 0.0222. The summed E-state index contributed by atoms with van der Waals surface area (Å²) < 4.78 is 21.3. The molecule has 8 heteroatoms. The van der Waals surface area contributed by atoms with Gasteiger partial charge in [0.2, 0.25) is 5.75 Å². The molecular formula is C19H30N2O6. The Hall–Kier alpha value is -1.87. The van der Waals surface area contributed by atoms with Gasteiger partial charge in [0.25, 0.3) is 0 Å². The van der Waals surface area contributed by atoms with E-state index in [0.717, 1.165) is 32.7 Å². The first kappa shape index (κ1) is 21.4. The summed E-state index contributed by atoms with van der Waals surface area (Å²) in [5.74, 6) is 1.46. The van der Waals surface area contributed by atoms with Crippen LogP contribution in [0.2, 0.25) is 0 Å². The zero-order chi connectivity index (χ0) is 19.6. The van der Waals surface area contributed by atoms with Gasteiger partial charge < -0.3 is 24.1 Å². The maximum atomic E-state index is 12.7. The third kappa shape index (κ3) is 6.07. The molecule has 0 bridgehead atoms. The third-order valence-corrected chi connectivity index (χ3v) is 4.61. The Morgan fingerprint density at radius 2 is 1.56 bits per heavy atom. The van der Waals surface area contributed by atoms with Crippen LogP contribution in [0.1, 0.15) is 10.4 Å². The minimum Gasteiger partial charge on any atom is -0.493 e. The number of piperazine rings is 1.